The van der Waals surface area contributed by atoms with Gasteiger partial charge in [-0.3, -0.25) is 19.2 Å². The molecule has 0 amide bonds. The lowest BCUT2D eigenvalue weighted by Gasteiger charge is -2.60. The molecule has 4 aliphatic rings. The minimum Gasteiger partial charge on any atom is -0.481 e. The lowest BCUT2D eigenvalue weighted by atomic mass is 9.42. The average molecular weight is 475 g/mol. The molecule has 0 spiro atoms. The Labute approximate surface area is 201 Å². The predicted octanol–water partition coefficient (Wildman–Crippen LogP) is 3.11. The molecular weight excluding hydrogens is 436 g/mol. The summed E-state index contributed by atoms with van der Waals surface area (Å²) in [7, 11) is 0. The molecule has 4 aliphatic carbocycles. The molecule has 7 nitrogen and oxygen atoms in total. The zero-order chi connectivity index (χ0) is 25.6. The summed E-state index contributed by atoms with van der Waals surface area (Å²) >= 11 is 0. The Kier molecular flexibility index (Phi) is 5.62. The van der Waals surface area contributed by atoms with Crippen LogP contribution in [0.5, 0.6) is 0 Å². The zero-order valence-corrected chi connectivity index (χ0v) is 21.1. The minimum absolute atomic E-state index is 0.0628. The lowest BCUT2D eigenvalue weighted by molar-refractivity contribution is -0.159. The van der Waals surface area contributed by atoms with E-state index in [9.17, 15) is 29.4 Å². The van der Waals surface area contributed by atoms with Crippen molar-refractivity contribution in [1.82, 2.24) is 0 Å². The first-order valence-electron chi connectivity index (χ1n) is 12.5. The van der Waals surface area contributed by atoms with Gasteiger partial charge in [0.25, 0.3) is 0 Å². The van der Waals surface area contributed by atoms with Crippen LogP contribution in [0.2, 0.25) is 0 Å². The van der Waals surface area contributed by atoms with E-state index in [2.05, 4.69) is 0 Å². The number of aliphatic hydroxyl groups excluding tert-OH is 2. The summed E-state index contributed by atoms with van der Waals surface area (Å²) in [5.41, 5.74) is -3.25. The van der Waals surface area contributed by atoms with Crippen molar-refractivity contribution in [1.29, 1.82) is 0 Å². The van der Waals surface area contributed by atoms with Crippen LogP contribution in [0.15, 0.2) is 11.1 Å². The highest BCUT2D eigenvalue weighted by molar-refractivity contribution is 6.17. The number of hydrogen-bond donors (Lipinski definition) is 3. The molecule has 3 N–H and O–H groups in total. The smallest absolute Gasteiger partial charge is 0.303 e. The first-order valence-corrected chi connectivity index (χ1v) is 12.5. The van der Waals surface area contributed by atoms with Crippen molar-refractivity contribution in [3.8, 4) is 0 Å². The maximum absolute atomic E-state index is 14.0. The molecular formula is C27H38O7. The summed E-state index contributed by atoms with van der Waals surface area (Å²) in [5.74, 6) is -2.72. The number of carboxylic acids is 1. The zero-order valence-electron chi connectivity index (χ0n) is 21.1. The number of aliphatic carboxylic acids is 1. The van der Waals surface area contributed by atoms with Crippen LogP contribution in [0.1, 0.15) is 80.1 Å². The number of rotatable bonds is 4. The molecule has 8 unspecified atom stereocenters. The second-order valence-corrected chi connectivity index (χ2v) is 12.5. The Bertz CT molecular complexity index is 1010. The van der Waals surface area contributed by atoms with Gasteiger partial charge in [-0.15, -0.1) is 0 Å². The third kappa shape index (κ3) is 2.89. The second-order valence-electron chi connectivity index (χ2n) is 12.5. The van der Waals surface area contributed by atoms with Gasteiger partial charge >= 0.3 is 5.97 Å². The van der Waals surface area contributed by atoms with E-state index >= 15 is 0 Å². The van der Waals surface area contributed by atoms with E-state index in [-0.39, 0.29) is 48.2 Å². The molecule has 0 radical (unpaired) electrons. The molecule has 0 aromatic carbocycles. The number of hydrogen-bond acceptors (Lipinski definition) is 6. The van der Waals surface area contributed by atoms with E-state index in [0.717, 1.165) is 0 Å². The number of ketones is 3. The van der Waals surface area contributed by atoms with Gasteiger partial charge in [-0.2, -0.15) is 0 Å². The van der Waals surface area contributed by atoms with Crippen LogP contribution in [0.3, 0.4) is 0 Å². The van der Waals surface area contributed by atoms with Crippen molar-refractivity contribution in [2.75, 3.05) is 0 Å². The summed E-state index contributed by atoms with van der Waals surface area (Å²) in [4.78, 5) is 52.6. The molecule has 0 aliphatic heterocycles. The van der Waals surface area contributed by atoms with Gasteiger partial charge in [0, 0.05) is 41.2 Å². The normalized spacial score (nSPS) is 44.4. The molecule has 0 saturated heterocycles. The Morgan fingerprint density at radius 3 is 2.24 bits per heavy atom. The maximum atomic E-state index is 14.0. The number of carbonyl (C=O) groups is 4. The Hall–Kier alpha value is -1.86. The van der Waals surface area contributed by atoms with Gasteiger partial charge in [0.05, 0.1) is 11.5 Å². The molecule has 0 bridgehead atoms. The van der Waals surface area contributed by atoms with Gasteiger partial charge in [-0.05, 0) is 49.4 Å². The first-order chi connectivity index (χ1) is 15.6. The van der Waals surface area contributed by atoms with E-state index in [1.54, 1.807) is 13.8 Å². The summed E-state index contributed by atoms with van der Waals surface area (Å²) in [6.45, 7) is 11.1. The highest BCUT2D eigenvalue weighted by atomic mass is 16.4. The van der Waals surface area contributed by atoms with Crippen LogP contribution in [-0.2, 0) is 19.2 Å². The molecule has 8 atom stereocenters. The van der Waals surface area contributed by atoms with Gasteiger partial charge < -0.3 is 15.3 Å². The summed E-state index contributed by atoms with van der Waals surface area (Å²) < 4.78 is 0. The highest BCUT2D eigenvalue weighted by Crippen LogP contribution is 2.70. The van der Waals surface area contributed by atoms with Crippen molar-refractivity contribution in [3.05, 3.63) is 11.1 Å². The fourth-order valence-electron chi connectivity index (χ4n) is 8.40. The summed E-state index contributed by atoms with van der Waals surface area (Å²) in [6.07, 6.45) is -0.556. The first kappa shape index (κ1) is 25.2. The second kappa shape index (κ2) is 7.57. The Morgan fingerprint density at radius 2 is 1.65 bits per heavy atom. The van der Waals surface area contributed by atoms with Crippen molar-refractivity contribution in [2.45, 2.75) is 92.3 Å². The average Bonchev–Trinajstić information content (AvgIpc) is 2.97. The van der Waals surface area contributed by atoms with Crippen LogP contribution in [-0.4, -0.2) is 50.8 Å². The van der Waals surface area contributed by atoms with Crippen LogP contribution < -0.4 is 0 Å². The molecule has 0 heterocycles. The molecule has 0 aromatic heterocycles. The molecule has 2 fully saturated rings. The van der Waals surface area contributed by atoms with Gasteiger partial charge in [0.1, 0.15) is 11.9 Å². The van der Waals surface area contributed by atoms with E-state index in [1.165, 1.54) is 0 Å². The van der Waals surface area contributed by atoms with E-state index in [0.29, 0.717) is 24.8 Å². The van der Waals surface area contributed by atoms with E-state index < -0.39 is 51.5 Å². The van der Waals surface area contributed by atoms with Crippen molar-refractivity contribution in [3.63, 3.8) is 0 Å². The van der Waals surface area contributed by atoms with Crippen molar-refractivity contribution >= 4 is 23.3 Å². The highest BCUT2D eigenvalue weighted by Gasteiger charge is 2.73. The SMILES string of the molecule is CC(CCC(=O)O)C1CC(=O)C2(C)C3=C(C(=O)C(O)C12C)C1(C)CCC(O)C(C)(C)C1CC3=O. The summed E-state index contributed by atoms with van der Waals surface area (Å²) in [5, 5.41) is 31.4. The number of Topliss-reactive ketones (excluding diaryl/α,β-unsaturated/α-hetero) is 3. The van der Waals surface area contributed by atoms with E-state index in [4.69, 9.17) is 5.11 Å². The van der Waals surface area contributed by atoms with E-state index in [1.807, 2.05) is 27.7 Å². The maximum Gasteiger partial charge on any atom is 0.303 e. The quantitative estimate of drug-likeness (QED) is 0.571. The molecule has 188 valence electrons. The van der Waals surface area contributed by atoms with Gasteiger partial charge in [0.15, 0.2) is 11.6 Å². The standard InChI is InChI=1S/C27H38O7/c1-13(7-8-19(31)32)14-11-18(30)27(6)20-15(28)12-16-24(2,3)17(29)9-10-25(16,4)21(20)22(33)23(34)26(14,27)5/h13-14,16-17,23,29,34H,7-12H2,1-6H3,(H,31,32). The van der Waals surface area contributed by atoms with Gasteiger partial charge in [-0.1, -0.05) is 34.6 Å². The number of aliphatic hydroxyl groups is 2. The fourth-order valence-corrected chi connectivity index (χ4v) is 8.40. The number of carbonyl (C=O) groups excluding carboxylic acids is 3. The monoisotopic (exact) mass is 474 g/mol. The molecule has 34 heavy (non-hydrogen) atoms. The molecule has 2 saturated carbocycles. The molecule has 7 heteroatoms. The lowest BCUT2D eigenvalue weighted by Crippen LogP contribution is -2.64. The molecule has 0 aromatic rings. The fraction of sp³-hybridized carbons (Fsp3) is 0.778. The van der Waals surface area contributed by atoms with Crippen LogP contribution in [0, 0.1) is 39.4 Å². The van der Waals surface area contributed by atoms with Crippen molar-refractivity contribution < 1.29 is 34.5 Å². The Morgan fingerprint density at radius 1 is 1.03 bits per heavy atom. The van der Waals surface area contributed by atoms with Gasteiger partial charge in [-0.25, -0.2) is 0 Å². The number of allylic oxidation sites excluding steroid dienone is 1. The van der Waals surface area contributed by atoms with Crippen LogP contribution in [0.25, 0.3) is 0 Å². The predicted molar refractivity (Wildman–Crippen MR) is 124 cm³/mol. The van der Waals surface area contributed by atoms with Crippen LogP contribution >= 0.6 is 0 Å². The topological polar surface area (TPSA) is 129 Å². The number of fused-ring (bicyclic) bond motifs is 4. The molecule has 4 rings (SSSR count). The van der Waals surface area contributed by atoms with Gasteiger partial charge in [0.2, 0.25) is 0 Å². The van der Waals surface area contributed by atoms with Crippen molar-refractivity contribution in [2.24, 2.45) is 39.4 Å². The Balaban J connectivity index is 1.91. The third-order valence-electron chi connectivity index (χ3n) is 10.8. The largest absolute Gasteiger partial charge is 0.481 e. The minimum atomic E-state index is -1.46. The summed E-state index contributed by atoms with van der Waals surface area (Å²) in [6, 6.07) is 0. The number of carboxylic acid groups (broad SMARTS) is 1. The third-order valence-corrected chi connectivity index (χ3v) is 10.8. The van der Waals surface area contributed by atoms with Crippen LogP contribution in [0.4, 0.5) is 0 Å².